The summed E-state index contributed by atoms with van der Waals surface area (Å²) in [6.45, 7) is 0. The lowest BCUT2D eigenvalue weighted by atomic mass is 10.1. The molecular formula is C16H17N3O2S. The maximum absolute atomic E-state index is 12.5. The number of rotatable bonds is 6. The average molecular weight is 315 g/mol. The third-order valence-corrected chi connectivity index (χ3v) is 4.92. The third kappa shape index (κ3) is 3.16. The molecule has 4 rings (SSSR count). The molecule has 1 amide bonds. The fourth-order valence-electron chi connectivity index (χ4n) is 2.27. The van der Waals surface area contributed by atoms with Crippen LogP contribution >= 0.6 is 11.8 Å². The van der Waals surface area contributed by atoms with E-state index in [2.05, 4.69) is 15.5 Å². The van der Waals surface area contributed by atoms with Gasteiger partial charge in [-0.05, 0) is 43.0 Å². The Bertz CT molecular complexity index is 665. The molecule has 114 valence electrons. The molecule has 1 N–H and O–H groups in total. The molecule has 6 heteroatoms. The summed E-state index contributed by atoms with van der Waals surface area (Å²) >= 11 is 1.33. The van der Waals surface area contributed by atoms with E-state index >= 15 is 0 Å². The van der Waals surface area contributed by atoms with Gasteiger partial charge in [-0.1, -0.05) is 30.3 Å². The van der Waals surface area contributed by atoms with Gasteiger partial charge in [0.15, 0.2) is 0 Å². The molecule has 2 saturated carbocycles. The van der Waals surface area contributed by atoms with E-state index in [1.165, 1.54) is 11.8 Å². The van der Waals surface area contributed by atoms with Crippen LogP contribution in [0.25, 0.3) is 0 Å². The van der Waals surface area contributed by atoms with Gasteiger partial charge in [0.25, 0.3) is 5.22 Å². The Kier molecular flexibility index (Phi) is 3.62. The van der Waals surface area contributed by atoms with Gasteiger partial charge in [0.1, 0.15) is 5.25 Å². The van der Waals surface area contributed by atoms with Crippen molar-refractivity contribution in [2.75, 3.05) is 0 Å². The molecule has 2 aliphatic rings. The highest BCUT2D eigenvalue weighted by Gasteiger charge is 2.32. The van der Waals surface area contributed by atoms with Gasteiger partial charge in [-0.25, -0.2) is 0 Å². The minimum absolute atomic E-state index is 0.0184. The molecule has 0 bridgehead atoms. The first-order chi connectivity index (χ1) is 10.8. The molecule has 1 heterocycles. The molecule has 0 radical (unpaired) electrons. The number of hydrogen-bond donors (Lipinski definition) is 1. The number of amides is 1. The molecule has 1 atom stereocenters. The second-order valence-corrected chi connectivity index (χ2v) is 6.93. The van der Waals surface area contributed by atoms with E-state index in [0.29, 0.717) is 23.1 Å². The zero-order valence-corrected chi connectivity index (χ0v) is 12.9. The van der Waals surface area contributed by atoms with Gasteiger partial charge >= 0.3 is 0 Å². The Hall–Kier alpha value is -1.82. The summed E-state index contributed by atoms with van der Waals surface area (Å²) in [4.78, 5) is 12.5. The second-order valence-electron chi connectivity index (χ2n) is 5.87. The highest BCUT2D eigenvalue weighted by molar-refractivity contribution is 8.00. The van der Waals surface area contributed by atoms with E-state index < -0.39 is 0 Å². The van der Waals surface area contributed by atoms with Crippen molar-refractivity contribution in [3.05, 3.63) is 41.8 Å². The lowest BCUT2D eigenvalue weighted by Crippen LogP contribution is -2.29. The number of thioether (sulfide) groups is 1. The Morgan fingerprint density at radius 3 is 2.64 bits per heavy atom. The number of benzene rings is 1. The fourth-order valence-corrected chi connectivity index (χ4v) is 3.16. The first-order valence-corrected chi connectivity index (χ1v) is 8.53. The Labute approximate surface area is 132 Å². The van der Waals surface area contributed by atoms with E-state index in [1.54, 1.807) is 0 Å². The Morgan fingerprint density at radius 2 is 1.95 bits per heavy atom. The molecule has 0 unspecified atom stereocenters. The molecule has 0 spiro atoms. The number of hydrogen-bond acceptors (Lipinski definition) is 5. The van der Waals surface area contributed by atoms with Crippen LogP contribution in [0.3, 0.4) is 0 Å². The van der Waals surface area contributed by atoms with Crippen LogP contribution < -0.4 is 5.32 Å². The van der Waals surface area contributed by atoms with Crippen LogP contribution in [0.2, 0.25) is 0 Å². The topological polar surface area (TPSA) is 68.0 Å². The van der Waals surface area contributed by atoms with Crippen molar-refractivity contribution >= 4 is 17.7 Å². The van der Waals surface area contributed by atoms with Crippen molar-refractivity contribution in [1.29, 1.82) is 0 Å². The monoisotopic (exact) mass is 315 g/mol. The predicted molar refractivity (Wildman–Crippen MR) is 82.5 cm³/mol. The molecule has 0 saturated heterocycles. The summed E-state index contributed by atoms with van der Waals surface area (Å²) < 4.78 is 5.69. The van der Waals surface area contributed by atoms with Crippen molar-refractivity contribution in [2.24, 2.45) is 0 Å². The van der Waals surface area contributed by atoms with Crippen LogP contribution in [0, 0.1) is 0 Å². The van der Waals surface area contributed by atoms with Crippen LogP contribution in [0.5, 0.6) is 0 Å². The largest absolute Gasteiger partial charge is 0.416 e. The van der Waals surface area contributed by atoms with Crippen LogP contribution in [-0.4, -0.2) is 22.1 Å². The maximum atomic E-state index is 12.5. The molecule has 2 aliphatic carbocycles. The van der Waals surface area contributed by atoms with Gasteiger partial charge < -0.3 is 9.73 Å². The van der Waals surface area contributed by atoms with Crippen molar-refractivity contribution in [1.82, 2.24) is 15.5 Å². The predicted octanol–water partition coefficient (Wildman–Crippen LogP) is 3.06. The molecular weight excluding hydrogens is 298 g/mol. The van der Waals surface area contributed by atoms with Crippen molar-refractivity contribution in [2.45, 2.75) is 48.1 Å². The molecule has 2 aromatic rings. The van der Waals surface area contributed by atoms with Gasteiger partial charge in [0.05, 0.1) is 0 Å². The Balaban J connectivity index is 1.53. The minimum atomic E-state index is -0.352. The zero-order chi connectivity index (χ0) is 14.9. The van der Waals surface area contributed by atoms with E-state index in [4.69, 9.17) is 4.42 Å². The lowest BCUT2D eigenvalue weighted by molar-refractivity contribution is -0.120. The van der Waals surface area contributed by atoms with Crippen molar-refractivity contribution in [3.8, 4) is 0 Å². The summed E-state index contributed by atoms with van der Waals surface area (Å²) in [5, 5.41) is 11.4. The first-order valence-electron chi connectivity index (χ1n) is 7.65. The summed E-state index contributed by atoms with van der Waals surface area (Å²) in [7, 11) is 0. The van der Waals surface area contributed by atoms with Gasteiger partial charge in [0.2, 0.25) is 11.8 Å². The lowest BCUT2D eigenvalue weighted by Gasteiger charge is -2.14. The summed E-state index contributed by atoms with van der Waals surface area (Å²) in [6.07, 6.45) is 4.39. The van der Waals surface area contributed by atoms with Crippen LogP contribution in [0.4, 0.5) is 0 Å². The van der Waals surface area contributed by atoms with Crippen LogP contribution in [-0.2, 0) is 4.79 Å². The Morgan fingerprint density at radius 1 is 1.18 bits per heavy atom. The standard InChI is InChI=1S/C16H17N3O2S/c20-14(17-12-8-9-12)13(10-4-2-1-3-5-10)22-16-19-18-15(21-16)11-6-7-11/h1-5,11-13H,6-9H2,(H,17,20)/t13-/m0/s1. The third-order valence-electron chi connectivity index (χ3n) is 3.83. The molecule has 0 aliphatic heterocycles. The zero-order valence-electron chi connectivity index (χ0n) is 12.1. The van der Waals surface area contributed by atoms with Gasteiger partial charge in [-0.3, -0.25) is 4.79 Å². The smallest absolute Gasteiger partial charge is 0.277 e. The van der Waals surface area contributed by atoms with E-state index in [0.717, 1.165) is 31.2 Å². The molecule has 5 nitrogen and oxygen atoms in total. The highest BCUT2D eigenvalue weighted by Crippen LogP contribution is 2.42. The van der Waals surface area contributed by atoms with E-state index in [9.17, 15) is 4.79 Å². The van der Waals surface area contributed by atoms with Crippen LogP contribution in [0.15, 0.2) is 40.0 Å². The molecule has 1 aromatic heterocycles. The van der Waals surface area contributed by atoms with Crippen LogP contribution in [0.1, 0.15) is 48.3 Å². The number of nitrogens with one attached hydrogen (secondary N) is 1. The van der Waals surface area contributed by atoms with Gasteiger partial charge in [-0.15, -0.1) is 10.2 Å². The van der Waals surface area contributed by atoms with Gasteiger partial charge in [-0.2, -0.15) is 0 Å². The summed E-state index contributed by atoms with van der Waals surface area (Å²) in [6, 6.07) is 10.1. The normalized spacial score (nSPS) is 18.9. The second kappa shape index (κ2) is 5.76. The summed E-state index contributed by atoms with van der Waals surface area (Å²) in [5.74, 6) is 1.15. The SMILES string of the molecule is O=C(NC1CC1)[C@@H](Sc1nnc(C2CC2)o1)c1ccccc1. The quantitative estimate of drug-likeness (QED) is 0.830. The van der Waals surface area contributed by atoms with E-state index in [-0.39, 0.29) is 11.2 Å². The van der Waals surface area contributed by atoms with Crippen molar-refractivity contribution in [3.63, 3.8) is 0 Å². The highest BCUT2D eigenvalue weighted by atomic mass is 32.2. The number of carbonyl (C=O) groups excluding carboxylic acids is 1. The number of nitrogens with zero attached hydrogens (tertiary/aromatic N) is 2. The molecule has 2 fully saturated rings. The molecule has 1 aromatic carbocycles. The number of aromatic nitrogens is 2. The average Bonchev–Trinajstić information content (AvgIpc) is 3.47. The first kappa shape index (κ1) is 13.8. The molecule has 22 heavy (non-hydrogen) atoms. The van der Waals surface area contributed by atoms with Gasteiger partial charge in [0, 0.05) is 12.0 Å². The fraction of sp³-hybridized carbons (Fsp3) is 0.438. The number of carbonyl (C=O) groups is 1. The van der Waals surface area contributed by atoms with E-state index in [1.807, 2.05) is 30.3 Å². The minimum Gasteiger partial charge on any atom is -0.416 e. The van der Waals surface area contributed by atoms with Crippen molar-refractivity contribution < 1.29 is 9.21 Å². The summed E-state index contributed by atoms with van der Waals surface area (Å²) in [5.41, 5.74) is 0.955. The maximum Gasteiger partial charge on any atom is 0.277 e.